The van der Waals surface area contributed by atoms with Crippen molar-refractivity contribution in [2.45, 2.75) is 18.9 Å². The molecule has 1 aromatic rings. The molecule has 0 bridgehead atoms. The molecule has 0 aliphatic carbocycles. The molecule has 4 heteroatoms. The van der Waals surface area contributed by atoms with Gasteiger partial charge in [-0.25, -0.2) is 0 Å². The van der Waals surface area contributed by atoms with Crippen molar-refractivity contribution in [3.8, 4) is 0 Å². The second kappa shape index (κ2) is 6.12. The lowest BCUT2D eigenvalue weighted by atomic mass is 9.95. The van der Waals surface area contributed by atoms with Gasteiger partial charge < -0.3 is 10.4 Å². The van der Waals surface area contributed by atoms with Crippen molar-refractivity contribution >= 4 is 17.8 Å². The molecule has 0 fully saturated rings. The van der Waals surface area contributed by atoms with Gasteiger partial charge in [-0.2, -0.15) is 0 Å². The molecule has 0 saturated carbocycles. The number of rotatable bonds is 5. The van der Waals surface area contributed by atoms with Crippen LogP contribution in [0.5, 0.6) is 0 Å². The Bertz CT molecular complexity index is 453. The third-order valence-electron chi connectivity index (χ3n) is 2.49. The molecule has 2 N–H and O–H groups in total. The summed E-state index contributed by atoms with van der Waals surface area (Å²) >= 11 is 0. The first-order valence-electron chi connectivity index (χ1n) is 5.66. The third kappa shape index (κ3) is 3.82. The highest BCUT2D eigenvalue weighted by Gasteiger charge is 2.33. The highest BCUT2D eigenvalue weighted by Crippen LogP contribution is 2.15. The van der Waals surface area contributed by atoms with Gasteiger partial charge in [-0.05, 0) is 18.6 Å². The quantitative estimate of drug-likeness (QED) is 0.820. The first-order chi connectivity index (χ1) is 8.48. The van der Waals surface area contributed by atoms with Crippen LogP contribution in [0.2, 0.25) is 0 Å². The number of hydrogen-bond acceptors (Lipinski definition) is 3. The van der Waals surface area contributed by atoms with Gasteiger partial charge in [0, 0.05) is 13.5 Å². The van der Waals surface area contributed by atoms with Crippen molar-refractivity contribution < 1.29 is 14.7 Å². The largest absolute Gasteiger partial charge is 0.375 e. The Hall–Kier alpha value is -1.94. The molecule has 0 aromatic heterocycles. The smallest absolute Gasteiger partial charge is 0.256 e. The van der Waals surface area contributed by atoms with Gasteiger partial charge in [-0.3, -0.25) is 9.59 Å². The summed E-state index contributed by atoms with van der Waals surface area (Å²) in [4.78, 5) is 22.7. The van der Waals surface area contributed by atoms with Crippen LogP contribution < -0.4 is 5.32 Å². The van der Waals surface area contributed by atoms with Crippen LogP contribution in [0, 0.1) is 0 Å². The lowest BCUT2D eigenvalue weighted by molar-refractivity contribution is -0.139. The highest BCUT2D eigenvalue weighted by atomic mass is 16.3. The molecule has 0 aliphatic rings. The molecule has 1 atom stereocenters. The summed E-state index contributed by atoms with van der Waals surface area (Å²) < 4.78 is 0. The van der Waals surface area contributed by atoms with Crippen LogP contribution in [-0.2, 0) is 9.59 Å². The van der Waals surface area contributed by atoms with E-state index in [0.29, 0.717) is 0 Å². The van der Waals surface area contributed by atoms with E-state index in [2.05, 4.69) is 5.32 Å². The lowest BCUT2D eigenvalue weighted by Crippen LogP contribution is -2.45. The maximum absolute atomic E-state index is 11.6. The van der Waals surface area contributed by atoms with Crippen molar-refractivity contribution in [3.63, 3.8) is 0 Å². The summed E-state index contributed by atoms with van der Waals surface area (Å²) in [6.45, 7) is 1.34. The van der Waals surface area contributed by atoms with E-state index in [1.54, 1.807) is 6.08 Å². The average Bonchev–Trinajstić information content (AvgIpc) is 2.36. The average molecular weight is 247 g/mol. The van der Waals surface area contributed by atoms with Crippen molar-refractivity contribution in [1.82, 2.24) is 5.32 Å². The Kier molecular flexibility index (Phi) is 4.80. The molecule has 4 nitrogen and oxygen atoms in total. The number of hydrogen-bond donors (Lipinski definition) is 2. The van der Waals surface area contributed by atoms with Gasteiger partial charge in [0.1, 0.15) is 5.78 Å². The molecule has 96 valence electrons. The number of aliphatic hydroxyl groups is 1. The summed E-state index contributed by atoms with van der Waals surface area (Å²) in [5.41, 5.74) is -0.945. The number of amides is 1. The van der Waals surface area contributed by atoms with Crippen LogP contribution in [0.1, 0.15) is 18.9 Å². The monoisotopic (exact) mass is 247 g/mol. The molecule has 1 rings (SSSR count). The molecule has 0 heterocycles. The van der Waals surface area contributed by atoms with Gasteiger partial charge in [0.15, 0.2) is 5.60 Å². The molecule has 0 spiro atoms. The van der Waals surface area contributed by atoms with Gasteiger partial charge >= 0.3 is 0 Å². The summed E-state index contributed by atoms with van der Waals surface area (Å²) in [6, 6.07) is 9.26. The van der Waals surface area contributed by atoms with Gasteiger partial charge in [0.2, 0.25) is 0 Å². The number of carbonyl (C=O) groups excluding carboxylic acids is 2. The van der Waals surface area contributed by atoms with Crippen molar-refractivity contribution in [2.75, 3.05) is 7.05 Å². The fourth-order valence-electron chi connectivity index (χ4n) is 1.61. The van der Waals surface area contributed by atoms with Crippen LogP contribution in [-0.4, -0.2) is 29.4 Å². The molecule has 0 saturated heterocycles. The van der Waals surface area contributed by atoms with Gasteiger partial charge in [0.05, 0.1) is 0 Å². The molecule has 0 aliphatic heterocycles. The van der Waals surface area contributed by atoms with E-state index in [1.165, 1.54) is 20.0 Å². The van der Waals surface area contributed by atoms with Crippen LogP contribution in [0.15, 0.2) is 36.4 Å². The molecular formula is C14H17NO3. The zero-order valence-corrected chi connectivity index (χ0v) is 10.5. The van der Waals surface area contributed by atoms with Gasteiger partial charge in [0.25, 0.3) is 5.91 Å². The van der Waals surface area contributed by atoms with Gasteiger partial charge in [-0.15, -0.1) is 0 Å². The summed E-state index contributed by atoms with van der Waals surface area (Å²) in [7, 11) is 1.42. The lowest BCUT2D eigenvalue weighted by Gasteiger charge is -2.21. The fourth-order valence-corrected chi connectivity index (χ4v) is 1.61. The maximum Gasteiger partial charge on any atom is 0.256 e. The topological polar surface area (TPSA) is 66.4 Å². The SMILES string of the molecule is CNC(=O)C(O)(/C=C/c1ccccc1)CC(C)=O. The van der Waals surface area contributed by atoms with E-state index in [9.17, 15) is 14.7 Å². The Balaban J connectivity index is 2.95. The summed E-state index contributed by atoms with van der Waals surface area (Å²) in [6.07, 6.45) is 2.73. The van der Waals surface area contributed by atoms with Crippen molar-refractivity contribution in [1.29, 1.82) is 0 Å². The van der Waals surface area contributed by atoms with Crippen LogP contribution in [0.4, 0.5) is 0 Å². The Labute approximate surface area is 106 Å². The second-order valence-corrected chi connectivity index (χ2v) is 4.13. The molecule has 1 amide bonds. The number of nitrogens with one attached hydrogen (secondary N) is 1. The van der Waals surface area contributed by atoms with E-state index in [0.717, 1.165) is 5.56 Å². The number of carbonyl (C=O) groups is 2. The minimum atomic E-state index is -1.80. The molecular weight excluding hydrogens is 230 g/mol. The van der Waals surface area contributed by atoms with E-state index in [1.807, 2.05) is 30.3 Å². The number of benzene rings is 1. The number of likely N-dealkylation sites (N-methyl/N-ethyl adjacent to an activating group) is 1. The van der Waals surface area contributed by atoms with Crippen LogP contribution in [0.3, 0.4) is 0 Å². The minimum Gasteiger partial charge on any atom is -0.375 e. The first-order valence-corrected chi connectivity index (χ1v) is 5.66. The van der Waals surface area contributed by atoms with Crippen LogP contribution in [0.25, 0.3) is 6.08 Å². The normalized spacial score (nSPS) is 14.2. The molecule has 18 heavy (non-hydrogen) atoms. The van der Waals surface area contributed by atoms with Crippen molar-refractivity contribution in [2.24, 2.45) is 0 Å². The summed E-state index contributed by atoms with van der Waals surface area (Å²) in [5.74, 6) is -0.844. The standard InChI is InChI=1S/C14H17NO3/c1-11(16)10-14(18,13(17)15-2)9-8-12-6-4-3-5-7-12/h3-9,18H,10H2,1-2H3,(H,15,17)/b9-8+. The number of Topliss-reactive ketones (excluding diaryl/α,β-unsaturated/α-hetero) is 1. The maximum atomic E-state index is 11.6. The predicted molar refractivity (Wildman–Crippen MR) is 69.8 cm³/mol. The van der Waals surface area contributed by atoms with E-state index >= 15 is 0 Å². The molecule has 0 radical (unpaired) electrons. The minimum absolute atomic E-state index is 0.240. The van der Waals surface area contributed by atoms with E-state index < -0.39 is 11.5 Å². The van der Waals surface area contributed by atoms with E-state index in [-0.39, 0.29) is 12.2 Å². The summed E-state index contributed by atoms with van der Waals surface area (Å²) in [5, 5.41) is 12.5. The Morgan fingerprint density at radius 1 is 1.33 bits per heavy atom. The predicted octanol–water partition coefficient (Wildman–Crippen LogP) is 1.16. The Morgan fingerprint density at radius 3 is 2.44 bits per heavy atom. The highest BCUT2D eigenvalue weighted by molar-refractivity contribution is 5.93. The zero-order chi connectivity index (χ0) is 13.6. The zero-order valence-electron chi connectivity index (χ0n) is 10.5. The number of ketones is 1. The molecule has 1 aromatic carbocycles. The Morgan fingerprint density at radius 2 is 1.94 bits per heavy atom. The third-order valence-corrected chi connectivity index (χ3v) is 2.49. The second-order valence-electron chi connectivity index (χ2n) is 4.13. The first kappa shape index (κ1) is 14.1. The van der Waals surface area contributed by atoms with Crippen molar-refractivity contribution in [3.05, 3.63) is 42.0 Å². The molecule has 1 unspecified atom stereocenters. The van der Waals surface area contributed by atoms with Gasteiger partial charge in [-0.1, -0.05) is 36.4 Å². The van der Waals surface area contributed by atoms with Crippen LogP contribution >= 0.6 is 0 Å². The van der Waals surface area contributed by atoms with E-state index in [4.69, 9.17) is 0 Å². The fraction of sp³-hybridized carbons (Fsp3) is 0.286.